The van der Waals surface area contributed by atoms with Crippen molar-refractivity contribution < 1.29 is 19.4 Å². The first-order valence-corrected chi connectivity index (χ1v) is 12.0. The van der Waals surface area contributed by atoms with Crippen LogP contribution in [0.15, 0.2) is 47.4 Å². The van der Waals surface area contributed by atoms with Gasteiger partial charge in [0, 0.05) is 18.2 Å². The topological polar surface area (TPSA) is 117 Å². The summed E-state index contributed by atoms with van der Waals surface area (Å²) >= 11 is 2.85. The van der Waals surface area contributed by atoms with Gasteiger partial charge in [-0.1, -0.05) is 30.3 Å². The van der Waals surface area contributed by atoms with Crippen molar-refractivity contribution in [2.45, 2.75) is 35.5 Å². The van der Waals surface area contributed by atoms with Gasteiger partial charge in [0.15, 0.2) is 5.78 Å². The van der Waals surface area contributed by atoms with Crippen LogP contribution in [0.4, 0.5) is 5.82 Å². The monoisotopic (exact) mass is 451 g/mol. The number of aliphatic hydroxyl groups is 1. The van der Waals surface area contributed by atoms with Crippen molar-refractivity contribution in [3.05, 3.63) is 58.6 Å². The Morgan fingerprint density at radius 1 is 1.33 bits per heavy atom. The van der Waals surface area contributed by atoms with Gasteiger partial charge in [-0.2, -0.15) is 16.7 Å². The van der Waals surface area contributed by atoms with Crippen LogP contribution in [0.3, 0.4) is 0 Å². The van der Waals surface area contributed by atoms with E-state index in [0.717, 1.165) is 0 Å². The minimum atomic E-state index is -0.632. The molecule has 3 N–H and O–H groups in total. The predicted octanol–water partition coefficient (Wildman–Crippen LogP) is 1.79. The molecule has 0 saturated carbocycles. The molecule has 1 saturated heterocycles. The zero-order chi connectivity index (χ0) is 21.7. The SMILES string of the molecule is CSC(O[C@H]1C[C@H](n2ccc(N)nc2=O)O[C@@H]1CO)C(SC)C(=O)c1ccccc1. The highest BCUT2D eigenvalue weighted by molar-refractivity contribution is 8.03. The number of Topliss-reactive ketones (excluding diaryl/α,β-unsaturated/α-hetero) is 1. The molecular formula is C20H25N3O5S2. The number of aliphatic hydroxyl groups excluding tert-OH is 1. The molecule has 5 atom stereocenters. The van der Waals surface area contributed by atoms with Crippen molar-refractivity contribution in [1.29, 1.82) is 0 Å². The maximum atomic E-state index is 13.0. The van der Waals surface area contributed by atoms with E-state index in [1.165, 1.54) is 40.4 Å². The van der Waals surface area contributed by atoms with Gasteiger partial charge in [0.1, 0.15) is 28.8 Å². The fourth-order valence-electron chi connectivity index (χ4n) is 3.35. The summed E-state index contributed by atoms with van der Waals surface area (Å²) in [5.74, 6) is 0.114. The second kappa shape index (κ2) is 10.5. The first kappa shape index (κ1) is 22.8. The molecule has 1 aliphatic rings. The van der Waals surface area contributed by atoms with E-state index in [4.69, 9.17) is 15.2 Å². The van der Waals surface area contributed by atoms with E-state index in [0.29, 0.717) is 12.0 Å². The first-order valence-electron chi connectivity index (χ1n) is 9.39. The smallest absolute Gasteiger partial charge is 0.351 e. The van der Waals surface area contributed by atoms with E-state index < -0.39 is 34.8 Å². The Kier molecular flexibility index (Phi) is 7.95. The van der Waals surface area contributed by atoms with Gasteiger partial charge in [0.25, 0.3) is 0 Å². The standard InChI is InChI=1S/C20H25N3O5S2/c1-29-18(17(25)12-6-4-3-5-7-12)19(30-2)28-13-10-16(27-14(13)11-24)23-9-8-15(21)22-20(23)26/h3-9,13-14,16,18-19,24H,10-11H2,1-2H3,(H2,21,22,26)/t13-,14+,16+,18?,19?/m0/s1. The molecule has 1 aromatic heterocycles. The third-order valence-corrected chi connectivity index (χ3v) is 6.87. The number of rotatable bonds is 9. The van der Waals surface area contributed by atoms with Crippen molar-refractivity contribution in [1.82, 2.24) is 9.55 Å². The lowest BCUT2D eigenvalue weighted by Gasteiger charge is -2.28. The molecule has 8 nitrogen and oxygen atoms in total. The fourth-order valence-corrected chi connectivity index (χ4v) is 5.28. The summed E-state index contributed by atoms with van der Waals surface area (Å²) in [6.45, 7) is -0.268. The molecule has 0 amide bonds. The molecule has 0 aliphatic carbocycles. The lowest BCUT2D eigenvalue weighted by molar-refractivity contribution is -0.0659. The number of hydrogen-bond acceptors (Lipinski definition) is 9. The highest BCUT2D eigenvalue weighted by Gasteiger charge is 2.40. The quantitative estimate of drug-likeness (QED) is 0.435. The number of hydrogen-bond donors (Lipinski definition) is 2. The molecule has 162 valence electrons. The lowest BCUT2D eigenvalue weighted by Crippen LogP contribution is -2.38. The zero-order valence-corrected chi connectivity index (χ0v) is 18.3. The van der Waals surface area contributed by atoms with Gasteiger partial charge in [-0.3, -0.25) is 9.36 Å². The molecular weight excluding hydrogens is 426 g/mol. The van der Waals surface area contributed by atoms with E-state index in [9.17, 15) is 14.7 Å². The van der Waals surface area contributed by atoms with Crippen LogP contribution >= 0.6 is 23.5 Å². The second-order valence-electron chi connectivity index (χ2n) is 6.75. The number of carbonyl (C=O) groups excluding carboxylic acids is 1. The summed E-state index contributed by atoms with van der Waals surface area (Å²) in [6, 6.07) is 10.6. The predicted molar refractivity (Wildman–Crippen MR) is 119 cm³/mol. The molecule has 1 fully saturated rings. The van der Waals surface area contributed by atoms with Crippen LogP contribution in [-0.2, 0) is 9.47 Å². The Labute approximate surface area is 183 Å². The van der Waals surface area contributed by atoms with Gasteiger partial charge in [0.2, 0.25) is 0 Å². The molecule has 0 bridgehead atoms. The van der Waals surface area contributed by atoms with E-state index >= 15 is 0 Å². The number of ketones is 1. The summed E-state index contributed by atoms with van der Waals surface area (Å²) < 4.78 is 13.4. The van der Waals surface area contributed by atoms with Gasteiger partial charge in [-0.05, 0) is 18.6 Å². The summed E-state index contributed by atoms with van der Waals surface area (Å²) in [4.78, 5) is 28.9. The highest BCUT2D eigenvalue weighted by atomic mass is 32.2. The van der Waals surface area contributed by atoms with Crippen molar-refractivity contribution in [3.8, 4) is 0 Å². The average molecular weight is 452 g/mol. The molecule has 1 aromatic carbocycles. The van der Waals surface area contributed by atoms with Crippen LogP contribution in [0.1, 0.15) is 23.0 Å². The molecule has 0 spiro atoms. The molecule has 2 unspecified atom stereocenters. The molecule has 3 rings (SSSR count). The number of aromatic nitrogens is 2. The Balaban J connectivity index is 1.76. The van der Waals surface area contributed by atoms with E-state index in [1.807, 2.05) is 30.7 Å². The minimum absolute atomic E-state index is 0.0163. The van der Waals surface area contributed by atoms with Crippen LogP contribution in [0.5, 0.6) is 0 Å². The Morgan fingerprint density at radius 2 is 2.07 bits per heavy atom. The summed E-state index contributed by atoms with van der Waals surface area (Å²) in [7, 11) is 0. The maximum absolute atomic E-state index is 13.0. The minimum Gasteiger partial charge on any atom is -0.394 e. The van der Waals surface area contributed by atoms with E-state index in [1.54, 1.807) is 12.1 Å². The fraction of sp³-hybridized carbons (Fsp3) is 0.450. The number of thioether (sulfide) groups is 2. The maximum Gasteiger partial charge on any atom is 0.351 e. The second-order valence-corrected chi connectivity index (χ2v) is 8.67. The largest absolute Gasteiger partial charge is 0.394 e. The molecule has 0 radical (unpaired) electrons. The molecule has 30 heavy (non-hydrogen) atoms. The normalized spacial score (nSPS) is 23.2. The number of ether oxygens (including phenoxy) is 2. The number of anilines is 1. The Hall–Kier alpha value is -1.85. The van der Waals surface area contributed by atoms with Crippen LogP contribution in [0.25, 0.3) is 0 Å². The number of benzene rings is 1. The number of nitrogen functional groups attached to an aromatic ring is 1. The van der Waals surface area contributed by atoms with Crippen LogP contribution in [0.2, 0.25) is 0 Å². The van der Waals surface area contributed by atoms with Gasteiger partial charge in [-0.25, -0.2) is 4.79 Å². The van der Waals surface area contributed by atoms with Crippen molar-refractivity contribution in [2.75, 3.05) is 24.9 Å². The molecule has 1 aliphatic heterocycles. The van der Waals surface area contributed by atoms with E-state index in [2.05, 4.69) is 4.98 Å². The lowest BCUT2D eigenvalue weighted by atomic mass is 10.1. The Bertz CT molecular complexity index is 911. The summed E-state index contributed by atoms with van der Waals surface area (Å²) in [5.41, 5.74) is 5.20. The number of nitrogens with two attached hydrogens (primary N) is 1. The summed E-state index contributed by atoms with van der Waals surface area (Å²) in [5, 5.41) is 9.35. The zero-order valence-electron chi connectivity index (χ0n) is 16.7. The van der Waals surface area contributed by atoms with E-state index in [-0.39, 0.29) is 18.2 Å². The molecule has 10 heteroatoms. The van der Waals surface area contributed by atoms with Crippen LogP contribution in [-0.4, -0.2) is 62.5 Å². The van der Waals surface area contributed by atoms with Gasteiger partial charge in [-0.15, -0.1) is 11.8 Å². The number of carbonyl (C=O) groups is 1. The van der Waals surface area contributed by atoms with Crippen molar-refractivity contribution in [2.24, 2.45) is 0 Å². The van der Waals surface area contributed by atoms with Gasteiger partial charge in [0.05, 0.1) is 12.7 Å². The first-order chi connectivity index (χ1) is 14.5. The van der Waals surface area contributed by atoms with Gasteiger partial charge < -0.3 is 20.3 Å². The number of nitrogens with zero attached hydrogens (tertiary/aromatic N) is 2. The summed E-state index contributed by atoms with van der Waals surface area (Å²) in [6.07, 6.45) is 3.86. The molecule has 2 aromatic rings. The third-order valence-electron chi connectivity index (χ3n) is 4.88. The highest BCUT2D eigenvalue weighted by Crippen LogP contribution is 2.34. The third kappa shape index (κ3) is 5.06. The van der Waals surface area contributed by atoms with Crippen LogP contribution < -0.4 is 11.4 Å². The Morgan fingerprint density at radius 3 is 2.67 bits per heavy atom. The average Bonchev–Trinajstić information content (AvgIpc) is 3.16. The van der Waals surface area contributed by atoms with Gasteiger partial charge >= 0.3 is 5.69 Å². The van der Waals surface area contributed by atoms with Crippen LogP contribution in [0, 0.1) is 0 Å². The van der Waals surface area contributed by atoms with Crippen molar-refractivity contribution >= 4 is 35.1 Å². The molecule has 2 heterocycles. The van der Waals surface area contributed by atoms with Crippen molar-refractivity contribution in [3.63, 3.8) is 0 Å².